The number of imide groups is 1. The number of nitrogens with zero attached hydrogens (tertiary/aromatic N) is 8. The minimum Gasteiger partial charge on any atom is -0.480 e. The number of benzene rings is 1. The number of nitrogens with one attached hydrogen (secondary N) is 2. The SMILES string of the molecule is COc1ncc(C(=O)N2CCC(CCc3cccn4c(N5CCC(=O)NC5=O)cnc34)CC2)cc1-c1nc2c(n1C(C)C)C(c1ccc(Cl)cc1)[NH+](c1cc(Cl)cn(C)c1=O)C2=O.[Cs+]. The van der Waals surface area contributed by atoms with Gasteiger partial charge in [0.1, 0.15) is 23.0 Å². The number of pyridine rings is 3. The second-order valence-corrected chi connectivity index (χ2v) is 17.4. The van der Waals surface area contributed by atoms with Crippen molar-refractivity contribution in [2.45, 2.75) is 58.0 Å². The number of methoxy groups -OCH3 is 1. The van der Waals surface area contributed by atoms with Crippen LogP contribution < -0.4 is 94.3 Å². The molecule has 2 saturated heterocycles. The number of urea groups is 1. The molecule has 2 unspecified atom stereocenters. The molecule has 2 N–H and O–H groups in total. The predicted molar refractivity (Wildman–Crippen MR) is 235 cm³/mol. The Labute approximate surface area is 437 Å². The molecule has 9 rings (SSSR count). The van der Waals surface area contributed by atoms with Crippen LogP contribution in [0.4, 0.5) is 16.3 Å². The molecule has 19 heteroatoms. The summed E-state index contributed by atoms with van der Waals surface area (Å²) in [7, 11) is 3.09. The van der Waals surface area contributed by atoms with Gasteiger partial charge >= 0.3 is 86.4 Å². The van der Waals surface area contributed by atoms with E-state index in [1.165, 1.54) is 35.0 Å². The van der Waals surface area contributed by atoms with Crippen LogP contribution in [-0.4, -0.2) is 83.9 Å². The number of amides is 5. The van der Waals surface area contributed by atoms with E-state index >= 15 is 0 Å². The Bertz CT molecular complexity index is 2890. The number of anilines is 1. The van der Waals surface area contributed by atoms with Crippen LogP contribution in [0.25, 0.3) is 17.0 Å². The first-order valence-electron chi connectivity index (χ1n) is 20.9. The zero-order chi connectivity index (χ0) is 44.3. The molecule has 2 atom stereocenters. The van der Waals surface area contributed by atoms with Crippen molar-refractivity contribution >= 4 is 64.1 Å². The molecule has 64 heavy (non-hydrogen) atoms. The van der Waals surface area contributed by atoms with Crippen molar-refractivity contribution in [2.75, 3.05) is 31.6 Å². The van der Waals surface area contributed by atoms with Gasteiger partial charge in [-0.3, -0.25) is 29.0 Å². The summed E-state index contributed by atoms with van der Waals surface area (Å²) in [5, 5.41) is 3.21. The smallest absolute Gasteiger partial charge is 0.480 e. The maximum atomic E-state index is 14.6. The first kappa shape index (κ1) is 46.2. The van der Waals surface area contributed by atoms with Gasteiger partial charge in [0.2, 0.25) is 17.5 Å². The molecule has 6 aromatic rings. The van der Waals surface area contributed by atoms with Crippen molar-refractivity contribution in [3.8, 4) is 17.3 Å². The molecule has 1 aromatic carbocycles. The third-order valence-electron chi connectivity index (χ3n) is 12.3. The minimum absolute atomic E-state index is 0. The number of fused-ring (bicyclic) bond motifs is 2. The first-order chi connectivity index (χ1) is 30.3. The van der Waals surface area contributed by atoms with Crippen LogP contribution in [0, 0.1) is 5.92 Å². The number of hydrogen-bond donors (Lipinski definition) is 2. The molecule has 8 heterocycles. The zero-order valence-electron chi connectivity index (χ0n) is 36.1. The third kappa shape index (κ3) is 8.50. The average molecular weight is 1030 g/mol. The maximum Gasteiger partial charge on any atom is 1.00 e. The molecule has 0 bridgehead atoms. The van der Waals surface area contributed by atoms with E-state index in [4.69, 9.17) is 32.9 Å². The number of rotatable bonds is 10. The Morgan fingerprint density at radius 2 is 1.73 bits per heavy atom. The van der Waals surface area contributed by atoms with E-state index < -0.39 is 18.0 Å². The monoisotopic (exact) mass is 1020 g/mol. The van der Waals surface area contributed by atoms with Crippen LogP contribution in [0.2, 0.25) is 10.0 Å². The fourth-order valence-electron chi connectivity index (χ4n) is 9.21. The molecule has 3 aliphatic rings. The molecule has 5 amide bonds. The third-order valence-corrected chi connectivity index (χ3v) is 12.8. The number of hydrogen-bond acceptors (Lipinski definition) is 9. The van der Waals surface area contributed by atoms with Gasteiger partial charge in [-0.2, -0.15) is 0 Å². The summed E-state index contributed by atoms with van der Waals surface area (Å²) in [5.41, 5.74) is 4.00. The van der Waals surface area contributed by atoms with Gasteiger partial charge in [-0.1, -0.05) is 41.4 Å². The number of imidazole rings is 2. The molecule has 2 fully saturated rings. The number of carbonyl (C=O) groups excluding carboxylic acids is 4. The molecule has 324 valence electrons. The van der Waals surface area contributed by atoms with Gasteiger partial charge in [0.15, 0.2) is 11.7 Å². The van der Waals surface area contributed by atoms with Gasteiger partial charge in [-0.05, 0) is 75.3 Å². The topological polar surface area (TPSA) is 170 Å². The van der Waals surface area contributed by atoms with Gasteiger partial charge in [-0.25, -0.2) is 29.4 Å². The number of quaternary nitrogens is 1. The molecular weight excluding hydrogens is 980 g/mol. The molecule has 3 aliphatic heterocycles. The summed E-state index contributed by atoms with van der Waals surface area (Å²) in [4.78, 5) is 84.5. The summed E-state index contributed by atoms with van der Waals surface area (Å²) in [6.07, 6.45) is 10.1. The number of carbonyl (C=O) groups is 4. The van der Waals surface area contributed by atoms with Gasteiger partial charge < -0.3 is 18.8 Å². The number of piperidine rings is 1. The number of ether oxygens (including phenoxy) is 1. The van der Waals surface area contributed by atoms with Crippen molar-refractivity contribution < 1.29 is 97.7 Å². The van der Waals surface area contributed by atoms with Gasteiger partial charge in [0.05, 0.1) is 29.5 Å². The fraction of sp³-hybridized carbons (Fsp3) is 0.333. The fourth-order valence-corrected chi connectivity index (χ4v) is 9.59. The Morgan fingerprint density at radius 1 is 0.984 bits per heavy atom. The second kappa shape index (κ2) is 18.9. The van der Waals surface area contributed by atoms with Crippen molar-refractivity contribution in [3.05, 3.63) is 122 Å². The standard InChI is InChI=1S/C45H44Cl2N10O6.Cs/c1-25(2)56-38-36(44(61)57(33-21-31(47)24-52(3)43(33)60)37(38)27-9-11-30(46)12-10-27)51-40(56)32-20-29(22-49-41(32)63-4)42(59)53-17-13-26(14-18-53)7-8-28-6-5-16-54-35(23-48-39(28)54)55-19-15-34(58)50-45(55)62;/h5-6,9-12,16,20-26,37H,7-8,13-15,17-19H2,1-4H3,(H,50,58,62);/q;+1/p+1. The minimum atomic E-state index is -0.689. The van der Waals surface area contributed by atoms with Crippen LogP contribution in [0.1, 0.15) is 89.3 Å². The quantitative estimate of drug-likeness (QED) is 0.210. The molecule has 0 saturated carbocycles. The van der Waals surface area contributed by atoms with Crippen molar-refractivity contribution in [3.63, 3.8) is 0 Å². The Hall–Kier alpha value is -4.31. The predicted octanol–water partition coefficient (Wildman–Crippen LogP) is 2.58. The number of likely N-dealkylation sites (tertiary alicyclic amines) is 1. The Balaban J connectivity index is 0.00000560. The summed E-state index contributed by atoms with van der Waals surface area (Å²) < 4.78 is 11.0. The van der Waals surface area contributed by atoms with E-state index in [0.29, 0.717) is 64.1 Å². The molecule has 0 spiro atoms. The van der Waals surface area contributed by atoms with Gasteiger partial charge in [-0.15, -0.1) is 0 Å². The molecule has 5 aromatic heterocycles. The van der Waals surface area contributed by atoms with Crippen LogP contribution >= 0.6 is 23.2 Å². The van der Waals surface area contributed by atoms with Gasteiger partial charge in [0.25, 0.3) is 5.91 Å². The summed E-state index contributed by atoms with van der Waals surface area (Å²) in [5.74, 6) is 0.796. The zero-order valence-corrected chi connectivity index (χ0v) is 43.9. The van der Waals surface area contributed by atoms with E-state index in [-0.39, 0.29) is 121 Å². The van der Waals surface area contributed by atoms with E-state index in [2.05, 4.69) is 15.3 Å². The van der Waals surface area contributed by atoms with Crippen molar-refractivity contribution in [1.29, 1.82) is 0 Å². The second-order valence-electron chi connectivity index (χ2n) is 16.5. The van der Waals surface area contributed by atoms with Crippen molar-refractivity contribution in [1.82, 2.24) is 38.7 Å². The Kier molecular flexibility index (Phi) is 13.6. The largest absolute Gasteiger partial charge is 1.00 e. The normalized spacial score (nSPS) is 17.8. The van der Waals surface area contributed by atoms with Gasteiger partial charge in [0, 0.05) is 74.4 Å². The molecule has 16 nitrogen and oxygen atoms in total. The van der Waals surface area contributed by atoms with Crippen molar-refractivity contribution in [2.24, 2.45) is 13.0 Å². The van der Waals surface area contributed by atoms with Crippen LogP contribution in [0.5, 0.6) is 5.88 Å². The van der Waals surface area contributed by atoms with Crippen LogP contribution in [0.15, 0.2) is 78.1 Å². The molecular formula is C45H45Cl2CsN10O6+2. The molecule has 0 aliphatic carbocycles. The van der Waals surface area contributed by atoms with E-state index in [1.54, 1.807) is 31.4 Å². The first-order valence-corrected chi connectivity index (χ1v) is 21.6. The summed E-state index contributed by atoms with van der Waals surface area (Å²) in [6.45, 7) is 5.39. The number of halogens is 2. The number of aromatic nitrogens is 6. The summed E-state index contributed by atoms with van der Waals surface area (Å²) >= 11 is 12.8. The van der Waals surface area contributed by atoms with Crippen LogP contribution in [-0.2, 0) is 18.3 Å². The van der Waals surface area contributed by atoms with E-state index in [0.717, 1.165) is 42.5 Å². The van der Waals surface area contributed by atoms with E-state index in [1.807, 2.05) is 58.2 Å². The maximum absolute atomic E-state index is 14.6. The number of aryl methyl sites for hydroxylation is 2. The Morgan fingerprint density at radius 3 is 2.44 bits per heavy atom. The molecule has 0 radical (unpaired) electrons. The summed E-state index contributed by atoms with van der Waals surface area (Å²) in [6, 6.07) is 13.1. The van der Waals surface area contributed by atoms with Crippen LogP contribution in [0.3, 0.4) is 0 Å². The van der Waals surface area contributed by atoms with E-state index in [9.17, 15) is 24.0 Å². The average Bonchev–Trinajstić information content (AvgIpc) is 3.96.